The summed E-state index contributed by atoms with van der Waals surface area (Å²) in [7, 11) is 0. The third-order valence-electron chi connectivity index (χ3n) is 7.93. The average molecular weight is 607 g/mol. The standard InChI is InChI=1S/C28H30N8O4S2/c29-17-3-1-2-4-18(17)32-28-33-19(23(26(30)38)27-34-31-14-36(27)28)11-15-5-6-21(41-15)16-13-40-24-20(37)12-22(42-25(16)24)35-7-9-39-10-8-35/h5-6,12-14,17-18H,1-4,7-11,29H2,(H2,30,38)(H,32,33)/t17-,18+/m1/s1. The minimum absolute atomic E-state index is 0.00968. The number of carbonyl (C=O) groups excluding carboxylic acids is 1. The van der Waals surface area contributed by atoms with Gasteiger partial charge in [-0.25, -0.2) is 4.98 Å². The van der Waals surface area contributed by atoms with Gasteiger partial charge in [0.1, 0.15) is 18.2 Å². The zero-order chi connectivity index (χ0) is 28.8. The van der Waals surface area contributed by atoms with Crippen LogP contribution in [0, 0.1) is 0 Å². The Hall–Kier alpha value is -3.85. The third kappa shape index (κ3) is 4.93. The van der Waals surface area contributed by atoms with E-state index >= 15 is 0 Å². The Balaban J connectivity index is 1.23. The van der Waals surface area contributed by atoms with Gasteiger partial charge in [-0.15, -0.1) is 32.9 Å². The summed E-state index contributed by atoms with van der Waals surface area (Å²) in [5.74, 6) is -0.0789. The van der Waals surface area contributed by atoms with Crippen LogP contribution in [0.3, 0.4) is 0 Å². The highest BCUT2D eigenvalue weighted by molar-refractivity contribution is 7.23. The number of furan rings is 1. The number of fused-ring (bicyclic) bond motifs is 2. The maximum atomic E-state index is 12.9. The van der Waals surface area contributed by atoms with Crippen LogP contribution in [-0.2, 0) is 11.2 Å². The van der Waals surface area contributed by atoms with Crippen molar-refractivity contribution in [3.05, 3.63) is 57.1 Å². The van der Waals surface area contributed by atoms with Crippen LogP contribution in [0.1, 0.15) is 46.6 Å². The van der Waals surface area contributed by atoms with Gasteiger partial charge in [0, 0.05) is 53.0 Å². The molecule has 218 valence electrons. The Labute approximate surface area is 248 Å². The molecule has 12 nitrogen and oxygen atoms in total. The number of nitrogens with one attached hydrogen (secondary N) is 1. The second-order valence-electron chi connectivity index (χ2n) is 10.6. The van der Waals surface area contributed by atoms with Gasteiger partial charge in [0.2, 0.25) is 11.4 Å². The molecule has 5 aromatic rings. The predicted octanol–water partition coefficient (Wildman–Crippen LogP) is 3.23. The number of aromatic nitrogens is 4. The number of rotatable bonds is 7. The molecule has 0 aromatic carbocycles. The Morgan fingerprint density at radius 3 is 2.81 bits per heavy atom. The molecule has 1 aliphatic heterocycles. The van der Waals surface area contributed by atoms with Gasteiger partial charge in [-0.2, -0.15) is 0 Å². The number of amides is 1. The second kappa shape index (κ2) is 11.1. The fourth-order valence-electron chi connectivity index (χ4n) is 5.74. The van der Waals surface area contributed by atoms with Crippen LogP contribution in [0.15, 0.2) is 40.0 Å². The molecule has 6 heterocycles. The normalized spacial score (nSPS) is 19.5. The maximum Gasteiger partial charge on any atom is 0.254 e. The first kappa shape index (κ1) is 27.0. The van der Waals surface area contributed by atoms with Gasteiger partial charge in [0.05, 0.1) is 28.6 Å². The highest BCUT2D eigenvalue weighted by Crippen LogP contribution is 2.39. The van der Waals surface area contributed by atoms with Crippen LogP contribution in [0.5, 0.6) is 0 Å². The van der Waals surface area contributed by atoms with Crippen molar-refractivity contribution in [2.75, 3.05) is 36.5 Å². The number of anilines is 2. The number of morpholine rings is 1. The van der Waals surface area contributed by atoms with Gasteiger partial charge >= 0.3 is 0 Å². The molecule has 5 aromatic heterocycles. The molecule has 14 heteroatoms. The molecule has 5 N–H and O–H groups in total. The summed E-state index contributed by atoms with van der Waals surface area (Å²) in [6.45, 7) is 2.76. The van der Waals surface area contributed by atoms with Gasteiger partial charge in [-0.3, -0.25) is 14.0 Å². The molecule has 0 radical (unpaired) electrons. The maximum absolute atomic E-state index is 12.9. The van der Waals surface area contributed by atoms with E-state index in [9.17, 15) is 9.59 Å². The number of ether oxygens (including phenoxy) is 1. The van der Waals surface area contributed by atoms with Gasteiger partial charge < -0.3 is 30.8 Å². The minimum Gasteiger partial charge on any atom is -0.459 e. The first-order valence-electron chi connectivity index (χ1n) is 14.0. The molecule has 1 aliphatic carbocycles. The molecule has 2 atom stereocenters. The fraction of sp³-hybridized carbons (Fsp3) is 0.393. The largest absolute Gasteiger partial charge is 0.459 e. The Bertz CT molecular complexity index is 1840. The topological polar surface area (TPSA) is 167 Å². The van der Waals surface area contributed by atoms with E-state index in [2.05, 4.69) is 20.4 Å². The van der Waals surface area contributed by atoms with Crippen LogP contribution < -0.4 is 27.1 Å². The predicted molar refractivity (Wildman–Crippen MR) is 163 cm³/mol. The van der Waals surface area contributed by atoms with E-state index in [1.807, 2.05) is 12.1 Å². The first-order chi connectivity index (χ1) is 20.5. The van der Waals surface area contributed by atoms with Crippen LogP contribution in [0.25, 0.3) is 26.4 Å². The van der Waals surface area contributed by atoms with Crippen LogP contribution in [0.4, 0.5) is 10.9 Å². The summed E-state index contributed by atoms with van der Waals surface area (Å²) in [4.78, 5) is 34.5. The van der Waals surface area contributed by atoms with Crippen LogP contribution in [0.2, 0.25) is 0 Å². The smallest absolute Gasteiger partial charge is 0.254 e. The van der Waals surface area contributed by atoms with E-state index in [0.717, 1.165) is 63.8 Å². The molecular weight excluding hydrogens is 576 g/mol. The van der Waals surface area contributed by atoms with Crippen molar-refractivity contribution in [1.82, 2.24) is 19.6 Å². The van der Waals surface area contributed by atoms with Crippen molar-refractivity contribution in [2.45, 2.75) is 44.2 Å². The van der Waals surface area contributed by atoms with E-state index in [1.165, 1.54) is 6.33 Å². The molecule has 2 aliphatic rings. The monoisotopic (exact) mass is 606 g/mol. The van der Waals surface area contributed by atoms with Crippen molar-refractivity contribution in [3.63, 3.8) is 0 Å². The van der Waals surface area contributed by atoms with Gasteiger partial charge in [0.15, 0.2) is 11.2 Å². The highest BCUT2D eigenvalue weighted by Gasteiger charge is 2.26. The molecule has 2 fully saturated rings. The molecule has 1 saturated heterocycles. The molecule has 1 saturated carbocycles. The molecular formula is C28H30N8O4S2. The third-order valence-corrected chi connectivity index (χ3v) is 10.2. The van der Waals surface area contributed by atoms with Crippen LogP contribution >= 0.6 is 22.7 Å². The Kier molecular flexibility index (Phi) is 7.14. The summed E-state index contributed by atoms with van der Waals surface area (Å²) < 4.78 is 13.7. The number of nitrogens with zero attached hydrogens (tertiary/aromatic N) is 5. The second-order valence-corrected chi connectivity index (χ2v) is 12.8. The number of hydrogen-bond acceptors (Lipinski definition) is 12. The van der Waals surface area contributed by atoms with Crippen molar-refractivity contribution < 1.29 is 13.9 Å². The highest BCUT2D eigenvalue weighted by atomic mass is 32.1. The summed E-state index contributed by atoms with van der Waals surface area (Å²) in [5, 5.41) is 12.6. The van der Waals surface area contributed by atoms with E-state index < -0.39 is 5.91 Å². The van der Waals surface area contributed by atoms with Gasteiger partial charge in [0.25, 0.3) is 5.91 Å². The lowest BCUT2D eigenvalue weighted by atomic mass is 9.91. The zero-order valence-corrected chi connectivity index (χ0v) is 24.4. The van der Waals surface area contributed by atoms with Crippen LogP contribution in [-0.4, -0.2) is 63.9 Å². The van der Waals surface area contributed by atoms with E-state index in [-0.39, 0.29) is 23.1 Å². The number of thiophene rings is 1. The van der Waals surface area contributed by atoms with E-state index in [1.54, 1.807) is 39.4 Å². The summed E-state index contributed by atoms with van der Waals surface area (Å²) >= 11 is 3.10. The number of carbonyl (C=O) groups is 1. The lowest BCUT2D eigenvalue weighted by molar-refractivity contribution is 0.1000. The van der Waals surface area contributed by atoms with Crippen molar-refractivity contribution in [1.29, 1.82) is 0 Å². The summed E-state index contributed by atoms with van der Waals surface area (Å²) in [5.41, 5.74) is 14.4. The summed E-state index contributed by atoms with van der Waals surface area (Å²) in [6.07, 6.45) is 7.61. The van der Waals surface area contributed by atoms with Crippen molar-refractivity contribution in [2.24, 2.45) is 11.5 Å². The lowest BCUT2D eigenvalue weighted by Crippen LogP contribution is -2.43. The molecule has 0 spiro atoms. The molecule has 0 bridgehead atoms. The Morgan fingerprint density at radius 2 is 2.00 bits per heavy atom. The first-order valence-corrected chi connectivity index (χ1v) is 15.6. The van der Waals surface area contributed by atoms with Gasteiger partial charge in [-0.1, -0.05) is 12.8 Å². The fourth-order valence-corrected chi connectivity index (χ4v) is 8.02. The number of hydrogen-bond donors (Lipinski definition) is 3. The SMILES string of the molecule is NC(=O)c1c(Cc2ccc(-c3coc4c(=O)cc(N5CCOCC5)sc34)s2)nc(N[C@H]2CCCC[C@H]2N)n2cnnc12. The minimum atomic E-state index is -0.616. The molecule has 42 heavy (non-hydrogen) atoms. The quantitative estimate of drug-likeness (QED) is 0.250. The molecule has 0 unspecified atom stereocenters. The van der Waals surface area contributed by atoms with Crippen molar-refractivity contribution >= 4 is 55.5 Å². The Morgan fingerprint density at radius 1 is 1.17 bits per heavy atom. The lowest BCUT2D eigenvalue weighted by Gasteiger charge is -2.30. The summed E-state index contributed by atoms with van der Waals surface area (Å²) in [6, 6.07) is 5.71. The average Bonchev–Trinajstić information content (AvgIpc) is 3.75. The molecule has 1 amide bonds. The van der Waals surface area contributed by atoms with E-state index in [0.29, 0.717) is 42.5 Å². The number of nitrogens with two attached hydrogens (primary N) is 2. The van der Waals surface area contributed by atoms with E-state index in [4.69, 9.17) is 25.6 Å². The van der Waals surface area contributed by atoms with Crippen molar-refractivity contribution in [3.8, 4) is 10.4 Å². The zero-order valence-electron chi connectivity index (χ0n) is 22.7. The number of primary amides is 1. The molecule has 7 rings (SSSR count). The van der Waals surface area contributed by atoms with Gasteiger partial charge in [-0.05, 0) is 25.0 Å².